The Morgan fingerprint density at radius 2 is 1.90 bits per heavy atom. The minimum absolute atomic E-state index is 0.00198. The summed E-state index contributed by atoms with van der Waals surface area (Å²) in [7, 11) is 0. The van der Waals surface area contributed by atoms with Crippen molar-refractivity contribution in [2.45, 2.75) is 32.7 Å². The lowest BCUT2D eigenvalue weighted by molar-refractivity contribution is -0.119. The Labute approximate surface area is 122 Å². The number of benzene rings is 1. The predicted octanol–water partition coefficient (Wildman–Crippen LogP) is 1.47. The standard InChI is InChI=1S/C14H19N3O4/c1-8-5-4-6-9(12(19)20)11(8)16-13(21)17-14(2,3)7-10(15)18/h4-6H,7H2,1-3H3,(H2,15,18)(H,19,20)(H2,16,17,21). The number of urea groups is 1. The quantitative estimate of drug-likeness (QED) is 0.656. The van der Waals surface area contributed by atoms with E-state index in [0.29, 0.717) is 5.56 Å². The van der Waals surface area contributed by atoms with Gasteiger partial charge in [-0.3, -0.25) is 4.79 Å². The van der Waals surface area contributed by atoms with Crippen LogP contribution in [-0.2, 0) is 4.79 Å². The summed E-state index contributed by atoms with van der Waals surface area (Å²) >= 11 is 0. The molecule has 7 heteroatoms. The molecule has 0 saturated carbocycles. The summed E-state index contributed by atoms with van der Waals surface area (Å²) in [6.07, 6.45) is -0.0278. The van der Waals surface area contributed by atoms with Gasteiger partial charge in [-0.05, 0) is 32.4 Å². The van der Waals surface area contributed by atoms with Crippen LogP contribution in [0.3, 0.4) is 0 Å². The molecule has 0 aliphatic carbocycles. The fourth-order valence-corrected chi connectivity index (χ4v) is 1.94. The van der Waals surface area contributed by atoms with Crippen LogP contribution in [0.1, 0.15) is 36.2 Å². The van der Waals surface area contributed by atoms with E-state index in [1.165, 1.54) is 6.07 Å². The van der Waals surface area contributed by atoms with Crippen LogP contribution in [0.2, 0.25) is 0 Å². The number of carboxylic acid groups (broad SMARTS) is 1. The van der Waals surface area contributed by atoms with Gasteiger partial charge < -0.3 is 21.5 Å². The number of hydrogen-bond acceptors (Lipinski definition) is 3. The molecule has 0 heterocycles. The summed E-state index contributed by atoms with van der Waals surface area (Å²) < 4.78 is 0. The second kappa shape index (κ2) is 6.25. The van der Waals surface area contributed by atoms with Gasteiger partial charge in [0.05, 0.1) is 11.3 Å². The maximum absolute atomic E-state index is 12.0. The lowest BCUT2D eigenvalue weighted by atomic mass is 10.0. The minimum Gasteiger partial charge on any atom is -0.478 e. The highest BCUT2D eigenvalue weighted by Gasteiger charge is 2.24. The molecule has 0 bridgehead atoms. The first kappa shape index (κ1) is 16.5. The molecule has 7 nitrogen and oxygen atoms in total. The Hall–Kier alpha value is -2.57. The van der Waals surface area contributed by atoms with Gasteiger partial charge in [-0.25, -0.2) is 9.59 Å². The van der Waals surface area contributed by atoms with E-state index in [2.05, 4.69) is 10.6 Å². The molecule has 0 atom stereocenters. The molecule has 1 rings (SSSR count). The molecule has 3 amide bonds. The normalized spacial score (nSPS) is 10.8. The first-order chi connectivity index (χ1) is 9.62. The number of carbonyl (C=O) groups is 3. The number of rotatable bonds is 5. The minimum atomic E-state index is -1.13. The topological polar surface area (TPSA) is 122 Å². The van der Waals surface area contributed by atoms with Gasteiger partial charge in [0.1, 0.15) is 0 Å². The van der Waals surface area contributed by atoms with E-state index in [1.54, 1.807) is 32.9 Å². The number of nitrogens with one attached hydrogen (secondary N) is 2. The molecule has 0 fully saturated rings. The van der Waals surface area contributed by atoms with Gasteiger partial charge in [-0.2, -0.15) is 0 Å². The van der Waals surface area contributed by atoms with Crippen molar-refractivity contribution in [1.82, 2.24) is 5.32 Å². The lowest BCUT2D eigenvalue weighted by Gasteiger charge is -2.25. The van der Waals surface area contributed by atoms with E-state index in [9.17, 15) is 14.4 Å². The second-order valence-corrected chi connectivity index (χ2v) is 5.41. The van der Waals surface area contributed by atoms with Crippen LogP contribution in [0.5, 0.6) is 0 Å². The van der Waals surface area contributed by atoms with E-state index in [-0.39, 0.29) is 17.7 Å². The van der Waals surface area contributed by atoms with E-state index >= 15 is 0 Å². The summed E-state index contributed by atoms with van der Waals surface area (Å²) in [6.45, 7) is 4.98. The number of anilines is 1. The summed E-state index contributed by atoms with van der Waals surface area (Å²) in [5.74, 6) is -1.67. The van der Waals surface area contributed by atoms with E-state index in [0.717, 1.165) is 0 Å². The molecule has 114 valence electrons. The van der Waals surface area contributed by atoms with Crippen LogP contribution in [0.4, 0.5) is 10.5 Å². The molecule has 0 aromatic heterocycles. The second-order valence-electron chi connectivity index (χ2n) is 5.41. The van der Waals surface area contributed by atoms with Crippen LogP contribution < -0.4 is 16.4 Å². The molecule has 21 heavy (non-hydrogen) atoms. The van der Waals surface area contributed by atoms with Gasteiger partial charge in [0.25, 0.3) is 0 Å². The number of hydrogen-bond donors (Lipinski definition) is 4. The Morgan fingerprint density at radius 3 is 2.43 bits per heavy atom. The SMILES string of the molecule is Cc1cccc(C(=O)O)c1NC(=O)NC(C)(C)CC(N)=O. The highest BCUT2D eigenvalue weighted by atomic mass is 16.4. The molecule has 0 spiro atoms. The largest absolute Gasteiger partial charge is 0.478 e. The van der Waals surface area contributed by atoms with Crippen LogP contribution in [0, 0.1) is 6.92 Å². The Morgan fingerprint density at radius 1 is 1.29 bits per heavy atom. The highest BCUT2D eigenvalue weighted by Crippen LogP contribution is 2.20. The first-order valence-corrected chi connectivity index (χ1v) is 6.33. The zero-order valence-electron chi connectivity index (χ0n) is 12.2. The molecular weight excluding hydrogens is 274 g/mol. The zero-order valence-corrected chi connectivity index (χ0v) is 12.2. The van der Waals surface area contributed by atoms with Gasteiger partial charge in [0.2, 0.25) is 5.91 Å². The Balaban J connectivity index is 2.89. The number of aryl methyl sites for hydroxylation is 1. The van der Waals surface area contributed by atoms with Crippen LogP contribution >= 0.6 is 0 Å². The molecule has 1 aromatic carbocycles. The van der Waals surface area contributed by atoms with Crippen molar-refractivity contribution in [2.24, 2.45) is 5.73 Å². The summed E-state index contributed by atoms with van der Waals surface area (Å²) in [5.41, 5.74) is 5.12. The van der Waals surface area contributed by atoms with Crippen molar-refractivity contribution >= 4 is 23.6 Å². The third-order valence-electron chi connectivity index (χ3n) is 2.81. The van der Waals surface area contributed by atoms with Crippen LogP contribution in [-0.4, -0.2) is 28.6 Å². The van der Waals surface area contributed by atoms with Gasteiger partial charge in [-0.15, -0.1) is 0 Å². The smallest absolute Gasteiger partial charge is 0.337 e. The zero-order chi connectivity index (χ0) is 16.2. The number of nitrogens with two attached hydrogens (primary N) is 1. The number of carboxylic acids is 1. The molecule has 1 aromatic rings. The van der Waals surface area contributed by atoms with Crippen LogP contribution in [0.25, 0.3) is 0 Å². The fourth-order valence-electron chi connectivity index (χ4n) is 1.94. The third-order valence-corrected chi connectivity index (χ3v) is 2.81. The summed E-state index contributed by atoms with van der Waals surface area (Å²) in [5, 5.41) is 14.2. The van der Waals surface area contributed by atoms with Crippen LogP contribution in [0.15, 0.2) is 18.2 Å². The maximum Gasteiger partial charge on any atom is 0.337 e. The van der Waals surface area contributed by atoms with Crippen molar-refractivity contribution in [3.63, 3.8) is 0 Å². The van der Waals surface area contributed by atoms with Crippen molar-refractivity contribution in [2.75, 3.05) is 5.32 Å². The Kier molecular flexibility index (Phi) is 4.91. The predicted molar refractivity (Wildman–Crippen MR) is 78.2 cm³/mol. The first-order valence-electron chi connectivity index (χ1n) is 6.33. The molecule has 0 aliphatic rings. The van der Waals surface area contributed by atoms with Crippen molar-refractivity contribution in [3.05, 3.63) is 29.3 Å². The molecular formula is C14H19N3O4. The molecule has 0 unspecified atom stereocenters. The highest BCUT2D eigenvalue weighted by molar-refractivity contribution is 6.01. The number of carbonyl (C=O) groups excluding carboxylic acids is 2. The molecule has 0 aliphatic heterocycles. The monoisotopic (exact) mass is 293 g/mol. The lowest BCUT2D eigenvalue weighted by Crippen LogP contribution is -2.48. The Bertz CT molecular complexity index is 582. The maximum atomic E-state index is 12.0. The fraction of sp³-hybridized carbons (Fsp3) is 0.357. The molecule has 0 saturated heterocycles. The van der Waals surface area contributed by atoms with Gasteiger partial charge in [0.15, 0.2) is 0 Å². The molecule has 5 N–H and O–H groups in total. The van der Waals surface area contributed by atoms with Gasteiger partial charge >= 0.3 is 12.0 Å². The van der Waals surface area contributed by atoms with E-state index in [4.69, 9.17) is 10.8 Å². The number of primary amides is 1. The van der Waals surface area contributed by atoms with E-state index < -0.39 is 23.4 Å². The third kappa shape index (κ3) is 4.79. The number of aromatic carboxylic acids is 1. The van der Waals surface area contributed by atoms with Crippen molar-refractivity contribution in [1.29, 1.82) is 0 Å². The van der Waals surface area contributed by atoms with Gasteiger partial charge in [-0.1, -0.05) is 12.1 Å². The van der Waals surface area contributed by atoms with Gasteiger partial charge in [0, 0.05) is 12.0 Å². The number of amides is 3. The average Bonchev–Trinajstić information content (AvgIpc) is 2.28. The summed E-state index contributed by atoms with van der Waals surface area (Å²) in [4.78, 5) is 34.0. The van der Waals surface area contributed by atoms with Crippen molar-refractivity contribution < 1.29 is 19.5 Å². The number of para-hydroxylation sites is 1. The van der Waals surface area contributed by atoms with E-state index in [1.807, 2.05) is 0 Å². The molecule has 0 radical (unpaired) electrons. The average molecular weight is 293 g/mol. The summed E-state index contributed by atoms with van der Waals surface area (Å²) in [6, 6.07) is 4.09. The van der Waals surface area contributed by atoms with Crippen molar-refractivity contribution in [3.8, 4) is 0 Å².